The SMILES string of the molecule is COc1ccc(C#N)cc1CN(C)C(C)CC#N. The van der Waals surface area contributed by atoms with Gasteiger partial charge in [0, 0.05) is 18.2 Å². The van der Waals surface area contributed by atoms with Crippen LogP contribution in [-0.2, 0) is 6.54 Å². The summed E-state index contributed by atoms with van der Waals surface area (Å²) in [5, 5.41) is 17.6. The topological polar surface area (TPSA) is 60.0 Å². The van der Waals surface area contributed by atoms with Crippen molar-refractivity contribution in [2.45, 2.75) is 25.9 Å². The molecule has 1 atom stereocenters. The molecule has 0 radical (unpaired) electrons. The molecule has 0 amide bonds. The predicted octanol–water partition coefficient (Wildman–Crippen LogP) is 2.30. The molecular weight excluding hydrogens is 226 g/mol. The van der Waals surface area contributed by atoms with Gasteiger partial charge in [0.25, 0.3) is 0 Å². The van der Waals surface area contributed by atoms with Gasteiger partial charge in [-0.25, -0.2) is 0 Å². The van der Waals surface area contributed by atoms with Crippen molar-refractivity contribution in [1.29, 1.82) is 10.5 Å². The minimum Gasteiger partial charge on any atom is -0.496 e. The fourth-order valence-electron chi connectivity index (χ4n) is 1.68. The van der Waals surface area contributed by atoms with Crippen molar-refractivity contribution in [1.82, 2.24) is 4.90 Å². The monoisotopic (exact) mass is 243 g/mol. The van der Waals surface area contributed by atoms with Gasteiger partial charge in [-0.15, -0.1) is 0 Å². The van der Waals surface area contributed by atoms with Gasteiger partial charge in [-0.2, -0.15) is 10.5 Å². The van der Waals surface area contributed by atoms with Gasteiger partial charge in [0.2, 0.25) is 0 Å². The van der Waals surface area contributed by atoms with Gasteiger partial charge in [-0.1, -0.05) is 0 Å². The summed E-state index contributed by atoms with van der Waals surface area (Å²) in [6.45, 7) is 2.66. The summed E-state index contributed by atoms with van der Waals surface area (Å²) >= 11 is 0. The Kier molecular flexibility index (Phi) is 5.17. The number of ether oxygens (including phenoxy) is 1. The third-order valence-corrected chi connectivity index (χ3v) is 2.97. The molecule has 0 fully saturated rings. The molecule has 0 aliphatic carbocycles. The Bertz CT molecular complexity index is 485. The molecule has 0 aliphatic rings. The van der Waals surface area contributed by atoms with Crippen LogP contribution in [0.4, 0.5) is 0 Å². The number of hydrogen-bond donors (Lipinski definition) is 0. The normalized spacial score (nSPS) is 11.7. The molecule has 18 heavy (non-hydrogen) atoms. The largest absolute Gasteiger partial charge is 0.496 e. The van der Waals surface area contributed by atoms with Crippen LogP contribution < -0.4 is 4.74 Å². The van der Waals surface area contributed by atoms with E-state index in [0.29, 0.717) is 18.5 Å². The van der Waals surface area contributed by atoms with Gasteiger partial charge in [-0.3, -0.25) is 4.90 Å². The van der Waals surface area contributed by atoms with Crippen molar-refractivity contribution in [2.24, 2.45) is 0 Å². The van der Waals surface area contributed by atoms with E-state index in [1.54, 1.807) is 19.2 Å². The molecule has 1 unspecified atom stereocenters. The van der Waals surface area contributed by atoms with Gasteiger partial charge in [0.05, 0.1) is 31.2 Å². The molecule has 4 heteroatoms. The Hall–Kier alpha value is -2.04. The van der Waals surface area contributed by atoms with Crippen molar-refractivity contribution in [3.8, 4) is 17.9 Å². The summed E-state index contributed by atoms with van der Waals surface area (Å²) in [6.07, 6.45) is 0.483. The van der Waals surface area contributed by atoms with Crippen LogP contribution in [0.5, 0.6) is 5.75 Å². The molecule has 0 bridgehead atoms. The van der Waals surface area contributed by atoms with E-state index in [0.717, 1.165) is 11.3 Å². The van der Waals surface area contributed by atoms with Gasteiger partial charge in [-0.05, 0) is 32.2 Å². The van der Waals surface area contributed by atoms with E-state index in [9.17, 15) is 0 Å². The van der Waals surface area contributed by atoms with Crippen molar-refractivity contribution in [3.05, 3.63) is 29.3 Å². The number of nitrogens with zero attached hydrogens (tertiary/aromatic N) is 3. The lowest BCUT2D eigenvalue weighted by atomic mass is 10.1. The number of nitriles is 2. The highest BCUT2D eigenvalue weighted by Gasteiger charge is 2.12. The minimum absolute atomic E-state index is 0.172. The molecule has 0 heterocycles. The van der Waals surface area contributed by atoms with E-state index in [2.05, 4.69) is 17.0 Å². The first kappa shape index (κ1) is 14.0. The molecule has 0 aliphatic heterocycles. The van der Waals surface area contributed by atoms with Crippen LogP contribution in [0.2, 0.25) is 0 Å². The van der Waals surface area contributed by atoms with Crippen molar-refractivity contribution in [2.75, 3.05) is 14.2 Å². The zero-order chi connectivity index (χ0) is 13.5. The highest BCUT2D eigenvalue weighted by molar-refractivity contribution is 5.42. The second-order valence-electron chi connectivity index (χ2n) is 4.26. The summed E-state index contributed by atoms with van der Waals surface area (Å²) in [6, 6.07) is 9.82. The first-order valence-corrected chi connectivity index (χ1v) is 5.76. The molecule has 4 nitrogen and oxygen atoms in total. The van der Waals surface area contributed by atoms with E-state index in [1.165, 1.54) is 0 Å². The smallest absolute Gasteiger partial charge is 0.123 e. The van der Waals surface area contributed by atoms with Crippen LogP contribution in [0.25, 0.3) is 0 Å². The molecule has 0 saturated heterocycles. The highest BCUT2D eigenvalue weighted by atomic mass is 16.5. The van der Waals surface area contributed by atoms with Gasteiger partial charge >= 0.3 is 0 Å². The Balaban J connectivity index is 2.89. The maximum absolute atomic E-state index is 8.91. The molecule has 0 spiro atoms. The predicted molar refractivity (Wildman–Crippen MR) is 68.9 cm³/mol. The van der Waals surface area contributed by atoms with Crippen LogP contribution >= 0.6 is 0 Å². The molecule has 94 valence electrons. The van der Waals surface area contributed by atoms with Crippen LogP contribution in [0.1, 0.15) is 24.5 Å². The molecule has 1 rings (SSSR count). The fourth-order valence-corrected chi connectivity index (χ4v) is 1.68. The first-order valence-electron chi connectivity index (χ1n) is 5.76. The minimum atomic E-state index is 0.172. The summed E-state index contributed by atoms with van der Waals surface area (Å²) < 4.78 is 5.28. The van der Waals surface area contributed by atoms with E-state index in [1.807, 2.05) is 20.0 Å². The van der Waals surface area contributed by atoms with E-state index in [4.69, 9.17) is 15.3 Å². The third-order valence-electron chi connectivity index (χ3n) is 2.97. The summed E-state index contributed by atoms with van der Waals surface area (Å²) in [7, 11) is 3.57. The highest BCUT2D eigenvalue weighted by Crippen LogP contribution is 2.22. The van der Waals surface area contributed by atoms with Gasteiger partial charge in [0.1, 0.15) is 5.75 Å². The molecule has 0 aromatic heterocycles. The maximum atomic E-state index is 8.91. The Morgan fingerprint density at radius 2 is 2.11 bits per heavy atom. The van der Waals surface area contributed by atoms with Gasteiger partial charge in [0.15, 0.2) is 0 Å². The molecule has 0 N–H and O–H groups in total. The number of hydrogen-bond acceptors (Lipinski definition) is 4. The Morgan fingerprint density at radius 3 is 2.67 bits per heavy atom. The lowest BCUT2D eigenvalue weighted by molar-refractivity contribution is 0.248. The average Bonchev–Trinajstić information content (AvgIpc) is 2.38. The Morgan fingerprint density at radius 1 is 1.39 bits per heavy atom. The second-order valence-corrected chi connectivity index (χ2v) is 4.26. The quantitative estimate of drug-likeness (QED) is 0.796. The number of benzene rings is 1. The summed E-state index contributed by atoms with van der Waals surface area (Å²) in [5.74, 6) is 0.769. The second kappa shape index (κ2) is 6.64. The average molecular weight is 243 g/mol. The zero-order valence-electron chi connectivity index (χ0n) is 11.0. The maximum Gasteiger partial charge on any atom is 0.123 e. The third kappa shape index (κ3) is 3.48. The van der Waals surface area contributed by atoms with Crippen molar-refractivity contribution in [3.63, 3.8) is 0 Å². The van der Waals surface area contributed by atoms with E-state index >= 15 is 0 Å². The first-order chi connectivity index (χ1) is 8.62. The lowest BCUT2D eigenvalue weighted by Crippen LogP contribution is -2.28. The van der Waals surface area contributed by atoms with Gasteiger partial charge < -0.3 is 4.74 Å². The number of rotatable bonds is 5. The zero-order valence-corrected chi connectivity index (χ0v) is 11.0. The molecule has 1 aromatic carbocycles. The standard InChI is InChI=1S/C14H17N3O/c1-11(6-7-15)17(2)10-13-8-12(9-16)4-5-14(13)18-3/h4-5,8,11H,6,10H2,1-3H3. The van der Waals surface area contributed by atoms with Crippen LogP contribution in [0, 0.1) is 22.7 Å². The van der Waals surface area contributed by atoms with Crippen LogP contribution in [0.3, 0.4) is 0 Å². The van der Waals surface area contributed by atoms with Crippen LogP contribution in [-0.4, -0.2) is 25.1 Å². The van der Waals surface area contributed by atoms with Crippen molar-refractivity contribution >= 4 is 0 Å². The fraction of sp³-hybridized carbons (Fsp3) is 0.429. The van der Waals surface area contributed by atoms with E-state index in [-0.39, 0.29) is 6.04 Å². The molecule has 1 aromatic rings. The number of methoxy groups -OCH3 is 1. The van der Waals surface area contributed by atoms with Crippen LogP contribution in [0.15, 0.2) is 18.2 Å². The van der Waals surface area contributed by atoms with E-state index < -0.39 is 0 Å². The van der Waals surface area contributed by atoms with Crippen molar-refractivity contribution < 1.29 is 4.74 Å². The Labute approximate surface area is 108 Å². The summed E-state index contributed by atoms with van der Waals surface area (Å²) in [5.41, 5.74) is 1.58. The summed E-state index contributed by atoms with van der Waals surface area (Å²) in [4.78, 5) is 2.07. The lowest BCUT2D eigenvalue weighted by Gasteiger charge is -2.23. The molecule has 0 saturated carbocycles. The molecular formula is C14H17N3O.